The highest BCUT2D eigenvalue weighted by atomic mass is 35.5. The van der Waals surface area contributed by atoms with Gasteiger partial charge in [-0.15, -0.1) is 11.3 Å². The van der Waals surface area contributed by atoms with Gasteiger partial charge in [0, 0.05) is 18.5 Å². The van der Waals surface area contributed by atoms with Gasteiger partial charge in [-0.25, -0.2) is 4.98 Å². The van der Waals surface area contributed by atoms with Crippen LogP contribution in [-0.4, -0.2) is 18.1 Å². The maximum Gasteiger partial charge on any atom is 0.186 e. The smallest absolute Gasteiger partial charge is 0.186 e. The largest absolute Gasteiger partial charge is 0.348 e. The number of aromatic nitrogens is 1. The average molecular weight is 231 g/mol. The third kappa shape index (κ3) is 2.20. The minimum Gasteiger partial charge on any atom is -0.348 e. The fourth-order valence-corrected chi connectivity index (χ4v) is 3.02. The van der Waals surface area contributed by atoms with Crippen LogP contribution in [0.2, 0.25) is 5.15 Å². The average Bonchev–Trinajstić information content (AvgIpc) is 2.65. The molecular weight excluding hydrogens is 216 g/mol. The summed E-state index contributed by atoms with van der Waals surface area (Å²) in [4.78, 5) is 6.58. The first-order valence-corrected chi connectivity index (χ1v) is 6.37. The first-order valence-electron chi connectivity index (χ1n) is 5.11. The Morgan fingerprint density at radius 3 is 2.71 bits per heavy atom. The molecule has 1 fully saturated rings. The van der Waals surface area contributed by atoms with Crippen LogP contribution in [0.25, 0.3) is 0 Å². The molecule has 1 heterocycles. The van der Waals surface area contributed by atoms with E-state index in [1.165, 1.54) is 32.1 Å². The highest BCUT2D eigenvalue weighted by Crippen LogP contribution is 2.29. The molecule has 0 aliphatic heterocycles. The van der Waals surface area contributed by atoms with Gasteiger partial charge >= 0.3 is 0 Å². The topological polar surface area (TPSA) is 16.1 Å². The first kappa shape index (κ1) is 10.2. The number of nitrogens with zero attached hydrogens (tertiary/aromatic N) is 2. The second kappa shape index (κ2) is 4.49. The van der Waals surface area contributed by atoms with E-state index in [2.05, 4.69) is 16.9 Å². The normalized spacial score (nSPS) is 18.4. The molecule has 0 aromatic carbocycles. The van der Waals surface area contributed by atoms with Crippen LogP contribution in [0.1, 0.15) is 32.1 Å². The summed E-state index contributed by atoms with van der Waals surface area (Å²) >= 11 is 7.45. The van der Waals surface area contributed by atoms with Gasteiger partial charge in [0.15, 0.2) is 5.13 Å². The Balaban J connectivity index is 2.03. The fourth-order valence-electron chi connectivity index (χ4n) is 2.03. The fraction of sp³-hybridized carbons (Fsp3) is 0.700. The molecule has 14 heavy (non-hydrogen) atoms. The molecular formula is C10H15ClN2S. The maximum absolute atomic E-state index is 5.82. The zero-order valence-electron chi connectivity index (χ0n) is 8.37. The van der Waals surface area contributed by atoms with Crippen molar-refractivity contribution in [1.82, 2.24) is 4.98 Å². The standard InChI is InChI=1S/C10H15ClN2S/c1-13(8-5-3-2-4-6-8)10-12-9(11)7-14-10/h7-8H,2-6H2,1H3. The number of anilines is 1. The van der Waals surface area contributed by atoms with Crippen LogP contribution in [0.3, 0.4) is 0 Å². The van der Waals surface area contributed by atoms with Gasteiger partial charge in [0.05, 0.1) is 0 Å². The number of hydrogen-bond acceptors (Lipinski definition) is 3. The van der Waals surface area contributed by atoms with Crippen molar-refractivity contribution in [2.45, 2.75) is 38.1 Å². The Morgan fingerprint density at radius 1 is 1.43 bits per heavy atom. The lowest BCUT2D eigenvalue weighted by Crippen LogP contribution is -2.33. The second-order valence-corrected chi connectivity index (χ2v) is 5.08. The lowest BCUT2D eigenvalue weighted by Gasteiger charge is -2.30. The van der Waals surface area contributed by atoms with Gasteiger partial charge in [-0.05, 0) is 12.8 Å². The van der Waals surface area contributed by atoms with E-state index in [-0.39, 0.29) is 0 Å². The molecule has 0 bridgehead atoms. The quantitative estimate of drug-likeness (QED) is 0.772. The molecule has 0 spiro atoms. The second-order valence-electron chi connectivity index (χ2n) is 3.86. The van der Waals surface area contributed by atoms with Crippen molar-refractivity contribution in [1.29, 1.82) is 0 Å². The molecule has 0 amide bonds. The number of hydrogen-bond donors (Lipinski definition) is 0. The molecule has 1 aliphatic rings. The molecule has 78 valence electrons. The van der Waals surface area contributed by atoms with E-state index < -0.39 is 0 Å². The van der Waals surface area contributed by atoms with Crippen LogP contribution in [0.4, 0.5) is 5.13 Å². The number of rotatable bonds is 2. The van der Waals surface area contributed by atoms with Crippen molar-refractivity contribution in [3.05, 3.63) is 10.5 Å². The van der Waals surface area contributed by atoms with E-state index >= 15 is 0 Å². The van der Waals surface area contributed by atoms with Gasteiger partial charge in [-0.2, -0.15) is 0 Å². The Kier molecular flexibility index (Phi) is 3.29. The van der Waals surface area contributed by atoms with Crippen LogP contribution < -0.4 is 4.90 Å². The summed E-state index contributed by atoms with van der Waals surface area (Å²) in [5.74, 6) is 0. The van der Waals surface area contributed by atoms with E-state index in [1.54, 1.807) is 11.3 Å². The molecule has 4 heteroatoms. The Bertz CT molecular complexity index is 294. The third-order valence-corrected chi connectivity index (χ3v) is 4.14. The lowest BCUT2D eigenvalue weighted by molar-refractivity contribution is 0.427. The van der Waals surface area contributed by atoms with Crippen LogP contribution in [0.15, 0.2) is 5.38 Å². The van der Waals surface area contributed by atoms with Crippen molar-refractivity contribution in [2.75, 3.05) is 11.9 Å². The molecule has 1 saturated carbocycles. The van der Waals surface area contributed by atoms with Gasteiger partial charge in [0.1, 0.15) is 5.15 Å². The Hall–Kier alpha value is -0.280. The molecule has 0 N–H and O–H groups in total. The summed E-state index contributed by atoms with van der Waals surface area (Å²) in [6, 6.07) is 0.672. The summed E-state index contributed by atoms with van der Waals surface area (Å²) in [5, 5.41) is 3.57. The zero-order chi connectivity index (χ0) is 9.97. The van der Waals surface area contributed by atoms with E-state index in [9.17, 15) is 0 Å². The Labute approximate surface area is 93.9 Å². The summed E-state index contributed by atoms with van der Waals surface area (Å²) in [5.41, 5.74) is 0. The van der Waals surface area contributed by atoms with Gasteiger partial charge < -0.3 is 4.90 Å². The highest BCUT2D eigenvalue weighted by Gasteiger charge is 2.19. The third-order valence-electron chi connectivity index (χ3n) is 2.89. The van der Waals surface area contributed by atoms with Gasteiger partial charge in [-0.3, -0.25) is 0 Å². The van der Waals surface area contributed by atoms with E-state index in [0.717, 1.165) is 5.13 Å². The predicted octanol–water partition coefficient (Wildman–Crippen LogP) is 3.57. The first-order chi connectivity index (χ1) is 6.77. The molecule has 0 atom stereocenters. The molecule has 1 aromatic heterocycles. The van der Waals surface area contributed by atoms with Crippen molar-refractivity contribution in [3.8, 4) is 0 Å². The van der Waals surface area contributed by atoms with Crippen molar-refractivity contribution >= 4 is 28.1 Å². The molecule has 0 radical (unpaired) electrons. The van der Waals surface area contributed by atoms with Crippen molar-refractivity contribution in [2.24, 2.45) is 0 Å². The van der Waals surface area contributed by atoms with Crippen LogP contribution >= 0.6 is 22.9 Å². The van der Waals surface area contributed by atoms with Gasteiger partial charge in [-0.1, -0.05) is 30.9 Å². The maximum atomic E-state index is 5.82. The molecule has 1 aliphatic carbocycles. The van der Waals surface area contributed by atoms with E-state index in [4.69, 9.17) is 11.6 Å². The summed E-state index contributed by atoms with van der Waals surface area (Å²) in [6.07, 6.45) is 6.70. The minimum atomic E-state index is 0.618. The zero-order valence-corrected chi connectivity index (χ0v) is 9.94. The molecule has 2 rings (SSSR count). The lowest BCUT2D eigenvalue weighted by atomic mass is 9.95. The van der Waals surface area contributed by atoms with Gasteiger partial charge in [0.2, 0.25) is 0 Å². The summed E-state index contributed by atoms with van der Waals surface area (Å²) < 4.78 is 0. The van der Waals surface area contributed by atoms with Crippen LogP contribution in [0.5, 0.6) is 0 Å². The molecule has 1 aromatic rings. The predicted molar refractivity (Wildman–Crippen MR) is 62.4 cm³/mol. The summed E-state index contributed by atoms with van der Waals surface area (Å²) in [6.45, 7) is 0. The number of halogens is 1. The highest BCUT2D eigenvalue weighted by molar-refractivity contribution is 7.14. The van der Waals surface area contributed by atoms with E-state index in [1.807, 2.05) is 5.38 Å². The monoisotopic (exact) mass is 230 g/mol. The molecule has 0 unspecified atom stereocenters. The van der Waals surface area contributed by atoms with Crippen LogP contribution in [-0.2, 0) is 0 Å². The molecule has 2 nitrogen and oxygen atoms in total. The van der Waals surface area contributed by atoms with E-state index in [0.29, 0.717) is 11.2 Å². The van der Waals surface area contributed by atoms with Crippen molar-refractivity contribution < 1.29 is 0 Å². The van der Waals surface area contributed by atoms with Crippen molar-refractivity contribution in [3.63, 3.8) is 0 Å². The Morgan fingerprint density at radius 2 is 2.14 bits per heavy atom. The number of thiazole rings is 1. The molecule has 0 saturated heterocycles. The van der Waals surface area contributed by atoms with Crippen LogP contribution in [0, 0.1) is 0 Å². The SMILES string of the molecule is CN(c1nc(Cl)cs1)C1CCCCC1. The van der Waals surface area contributed by atoms with Gasteiger partial charge in [0.25, 0.3) is 0 Å². The minimum absolute atomic E-state index is 0.618. The summed E-state index contributed by atoms with van der Waals surface area (Å²) in [7, 11) is 2.13.